The third-order valence-corrected chi connectivity index (χ3v) is 2.57. The van der Waals surface area contributed by atoms with Crippen LogP contribution >= 0.6 is 0 Å². The Morgan fingerprint density at radius 3 is 2.50 bits per heavy atom. The molecule has 0 fully saturated rings. The van der Waals surface area contributed by atoms with Gasteiger partial charge in [0.1, 0.15) is 5.76 Å². The molecule has 6 heteroatoms. The molecular formula is C14H14N2O4. The number of nitrogens with one attached hydrogen (secondary N) is 2. The number of anilines is 1. The molecule has 0 saturated heterocycles. The van der Waals surface area contributed by atoms with E-state index in [0.717, 1.165) is 0 Å². The minimum atomic E-state index is -0.887. The first-order valence-corrected chi connectivity index (χ1v) is 6.01. The summed E-state index contributed by atoms with van der Waals surface area (Å²) in [5.74, 6) is -0.223. The zero-order valence-electron chi connectivity index (χ0n) is 10.6. The number of furan rings is 1. The van der Waals surface area contributed by atoms with E-state index in [0.29, 0.717) is 23.6 Å². The van der Waals surface area contributed by atoms with Crippen molar-refractivity contribution in [3.8, 4) is 0 Å². The van der Waals surface area contributed by atoms with Crippen molar-refractivity contribution in [2.24, 2.45) is 0 Å². The molecule has 1 aromatic carbocycles. The Balaban J connectivity index is 1.83. The molecule has 3 N–H and O–H groups in total. The summed E-state index contributed by atoms with van der Waals surface area (Å²) in [6.45, 7) is 0.302. The summed E-state index contributed by atoms with van der Waals surface area (Å²) in [5.41, 5.74) is 1.27. The van der Waals surface area contributed by atoms with Crippen LogP contribution in [0, 0.1) is 0 Å². The topological polar surface area (TPSA) is 91.6 Å². The van der Waals surface area contributed by atoms with E-state index in [4.69, 9.17) is 9.52 Å². The summed E-state index contributed by atoms with van der Waals surface area (Å²) in [6, 6.07) is 9.80. The van der Waals surface area contributed by atoms with Gasteiger partial charge in [0.15, 0.2) is 0 Å². The molecule has 0 unspecified atom stereocenters. The van der Waals surface area contributed by atoms with E-state index in [-0.39, 0.29) is 12.5 Å². The predicted molar refractivity (Wildman–Crippen MR) is 72.3 cm³/mol. The minimum Gasteiger partial charge on any atom is -0.481 e. The van der Waals surface area contributed by atoms with E-state index in [9.17, 15) is 9.59 Å². The Labute approximate surface area is 115 Å². The lowest BCUT2D eigenvalue weighted by molar-refractivity contribution is -0.136. The van der Waals surface area contributed by atoms with Gasteiger partial charge in [-0.05, 0) is 29.8 Å². The van der Waals surface area contributed by atoms with Crippen LogP contribution in [0.4, 0.5) is 10.5 Å². The third kappa shape index (κ3) is 4.16. The smallest absolute Gasteiger partial charge is 0.319 e. The van der Waals surface area contributed by atoms with Crippen molar-refractivity contribution in [2.45, 2.75) is 13.0 Å². The second-order valence-electron chi connectivity index (χ2n) is 4.15. The number of hydrogen-bond donors (Lipinski definition) is 3. The third-order valence-electron chi connectivity index (χ3n) is 2.57. The first kappa shape index (κ1) is 13.7. The second kappa shape index (κ2) is 6.42. The maximum absolute atomic E-state index is 11.6. The molecule has 1 heterocycles. The average molecular weight is 274 g/mol. The molecule has 0 saturated carbocycles. The summed E-state index contributed by atoms with van der Waals surface area (Å²) in [6.07, 6.45) is 1.50. The van der Waals surface area contributed by atoms with Gasteiger partial charge in [-0.2, -0.15) is 0 Å². The summed E-state index contributed by atoms with van der Waals surface area (Å²) in [5, 5.41) is 13.9. The molecule has 104 valence electrons. The summed E-state index contributed by atoms with van der Waals surface area (Å²) < 4.78 is 5.09. The fraction of sp³-hybridized carbons (Fsp3) is 0.143. The first-order chi connectivity index (χ1) is 9.63. The Bertz CT molecular complexity index is 576. The number of rotatable bonds is 5. The van der Waals surface area contributed by atoms with Crippen molar-refractivity contribution in [1.29, 1.82) is 0 Å². The van der Waals surface area contributed by atoms with Crippen molar-refractivity contribution in [2.75, 3.05) is 5.32 Å². The fourth-order valence-corrected chi connectivity index (χ4v) is 1.64. The molecule has 0 aliphatic heterocycles. The number of carbonyl (C=O) groups excluding carboxylic acids is 1. The highest BCUT2D eigenvalue weighted by Crippen LogP contribution is 2.10. The zero-order valence-corrected chi connectivity index (χ0v) is 10.6. The van der Waals surface area contributed by atoms with Gasteiger partial charge in [0.05, 0.1) is 19.2 Å². The van der Waals surface area contributed by atoms with Gasteiger partial charge in [0.2, 0.25) is 0 Å². The maximum Gasteiger partial charge on any atom is 0.319 e. The van der Waals surface area contributed by atoms with Gasteiger partial charge < -0.3 is 20.2 Å². The highest BCUT2D eigenvalue weighted by Gasteiger charge is 2.04. The van der Waals surface area contributed by atoms with Gasteiger partial charge in [-0.15, -0.1) is 0 Å². The molecule has 0 atom stereocenters. The van der Waals surface area contributed by atoms with Crippen LogP contribution in [-0.4, -0.2) is 17.1 Å². The van der Waals surface area contributed by atoms with Crippen LogP contribution in [-0.2, 0) is 17.8 Å². The minimum absolute atomic E-state index is 0.0367. The molecule has 1 aromatic heterocycles. The lowest BCUT2D eigenvalue weighted by atomic mass is 10.1. The van der Waals surface area contributed by atoms with E-state index in [2.05, 4.69) is 10.6 Å². The maximum atomic E-state index is 11.6. The van der Waals surface area contributed by atoms with Crippen molar-refractivity contribution >= 4 is 17.7 Å². The Hall–Kier alpha value is -2.76. The van der Waals surface area contributed by atoms with E-state index >= 15 is 0 Å². The normalized spacial score (nSPS) is 10.0. The number of amides is 2. The largest absolute Gasteiger partial charge is 0.481 e. The van der Waals surface area contributed by atoms with Crippen LogP contribution in [0.15, 0.2) is 47.1 Å². The Morgan fingerprint density at radius 1 is 1.15 bits per heavy atom. The van der Waals surface area contributed by atoms with Gasteiger partial charge in [-0.25, -0.2) is 4.79 Å². The molecule has 0 aliphatic carbocycles. The first-order valence-electron chi connectivity index (χ1n) is 6.01. The van der Waals surface area contributed by atoms with E-state index in [1.54, 1.807) is 36.4 Å². The SMILES string of the molecule is O=C(O)Cc1ccc(NC(=O)NCc2ccco2)cc1. The predicted octanol–water partition coefficient (Wildman–Crippen LogP) is 2.23. The van der Waals surface area contributed by atoms with Gasteiger partial charge in [0.25, 0.3) is 0 Å². The molecule has 20 heavy (non-hydrogen) atoms. The van der Waals surface area contributed by atoms with Gasteiger partial charge in [-0.3, -0.25) is 4.79 Å². The number of carbonyl (C=O) groups is 2. The lowest BCUT2D eigenvalue weighted by Crippen LogP contribution is -2.27. The van der Waals surface area contributed by atoms with E-state index in [1.165, 1.54) is 6.26 Å². The van der Waals surface area contributed by atoms with Crippen LogP contribution in [0.3, 0.4) is 0 Å². The number of aliphatic carboxylic acids is 1. The molecule has 0 radical (unpaired) electrons. The van der Waals surface area contributed by atoms with Crippen molar-refractivity contribution in [3.05, 3.63) is 54.0 Å². The van der Waals surface area contributed by atoms with Crippen LogP contribution < -0.4 is 10.6 Å². The number of benzene rings is 1. The van der Waals surface area contributed by atoms with Gasteiger partial charge in [-0.1, -0.05) is 12.1 Å². The lowest BCUT2D eigenvalue weighted by Gasteiger charge is -2.07. The second-order valence-corrected chi connectivity index (χ2v) is 4.15. The van der Waals surface area contributed by atoms with Gasteiger partial charge >= 0.3 is 12.0 Å². The van der Waals surface area contributed by atoms with E-state index < -0.39 is 5.97 Å². The van der Waals surface area contributed by atoms with Crippen LogP contribution in [0.1, 0.15) is 11.3 Å². The van der Waals surface area contributed by atoms with Crippen LogP contribution in [0.25, 0.3) is 0 Å². The Kier molecular flexibility index (Phi) is 4.39. The summed E-state index contributed by atoms with van der Waals surface area (Å²) in [4.78, 5) is 22.2. The highest BCUT2D eigenvalue weighted by atomic mass is 16.4. The van der Waals surface area contributed by atoms with Crippen molar-refractivity contribution < 1.29 is 19.1 Å². The number of carboxylic acid groups (broad SMARTS) is 1. The monoisotopic (exact) mass is 274 g/mol. The zero-order chi connectivity index (χ0) is 14.4. The Morgan fingerprint density at radius 2 is 1.90 bits per heavy atom. The van der Waals surface area contributed by atoms with Crippen LogP contribution in [0.5, 0.6) is 0 Å². The number of hydrogen-bond acceptors (Lipinski definition) is 3. The molecule has 2 rings (SSSR count). The molecule has 0 aliphatic rings. The standard InChI is InChI=1S/C14H14N2O4/c17-13(18)8-10-3-5-11(6-4-10)16-14(19)15-9-12-2-1-7-20-12/h1-7H,8-9H2,(H,17,18)(H2,15,16,19). The molecule has 0 bridgehead atoms. The molecular weight excluding hydrogens is 260 g/mol. The molecule has 6 nitrogen and oxygen atoms in total. The summed E-state index contributed by atoms with van der Waals surface area (Å²) >= 11 is 0. The molecule has 2 amide bonds. The van der Waals surface area contributed by atoms with Gasteiger partial charge in [0, 0.05) is 5.69 Å². The molecule has 2 aromatic rings. The quantitative estimate of drug-likeness (QED) is 0.779. The average Bonchev–Trinajstić information content (AvgIpc) is 2.91. The van der Waals surface area contributed by atoms with Crippen molar-refractivity contribution in [3.63, 3.8) is 0 Å². The number of carboxylic acids is 1. The van der Waals surface area contributed by atoms with E-state index in [1.807, 2.05) is 0 Å². The summed E-state index contributed by atoms with van der Waals surface area (Å²) in [7, 11) is 0. The molecule has 0 spiro atoms. The fourth-order valence-electron chi connectivity index (χ4n) is 1.64. The highest BCUT2D eigenvalue weighted by molar-refractivity contribution is 5.89. The van der Waals surface area contributed by atoms with Crippen LogP contribution in [0.2, 0.25) is 0 Å². The van der Waals surface area contributed by atoms with Crippen molar-refractivity contribution in [1.82, 2.24) is 5.32 Å². The number of urea groups is 1.